The summed E-state index contributed by atoms with van der Waals surface area (Å²) in [4.78, 5) is 20.5. The van der Waals surface area contributed by atoms with Gasteiger partial charge in [-0.05, 0) is 30.3 Å². The third-order valence-corrected chi connectivity index (χ3v) is 3.20. The molecule has 0 aliphatic carbocycles. The molecule has 100 valence electrons. The molecule has 0 saturated carbocycles. The minimum Gasteiger partial charge on any atom is -0.372 e. The first-order chi connectivity index (χ1) is 9.70. The van der Waals surface area contributed by atoms with Crippen LogP contribution in [0.5, 0.6) is 0 Å². The van der Waals surface area contributed by atoms with Crippen LogP contribution in [0.2, 0.25) is 5.02 Å². The van der Waals surface area contributed by atoms with Crippen molar-refractivity contribution in [3.63, 3.8) is 0 Å². The van der Waals surface area contributed by atoms with Crippen molar-refractivity contribution in [2.75, 3.05) is 12.4 Å². The summed E-state index contributed by atoms with van der Waals surface area (Å²) in [6.07, 6.45) is 1.63. The van der Waals surface area contributed by atoms with E-state index in [2.05, 4.69) is 15.3 Å². The van der Waals surface area contributed by atoms with Crippen molar-refractivity contribution in [3.05, 3.63) is 58.1 Å². The maximum Gasteiger partial charge on any atom is 0.355 e. The molecular formula is C14H11ClN4O. The van der Waals surface area contributed by atoms with Gasteiger partial charge in [0.2, 0.25) is 0 Å². The molecule has 2 aromatic heterocycles. The second kappa shape index (κ2) is 4.94. The first kappa shape index (κ1) is 12.6. The lowest BCUT2D eigenvalue weighted by atomic mass is 10.2. The number of halogens is 1. The minimum atomic E-state index is -0.400. The molecule has 0 spiro atoms. The third kappa shape index (κ3) is 2.02. The van der Waals surface area contributed by atoms with E-state index in [0.29, 0.717) is 22.2 Å². The van der Waals surface area contributed by atoms with Gasteiger partial charge in [0.1, 0.15) is 11.6 Å². The van der Waals surface area contributed by atoms with Crippen LogP contribution in [0.4, 0.5) is 5.82 Å². The molecule has 3 aromatic rings. The van der Waals surface area contributed by atoms with E-state index in [0.717, 1.165) is 5.39 Å². The van der Waals surface area contributed by atoms with Crippen molar-refractivity contribution in [2.45, 2.75) is 0 Å². The van der Waals surface area contributed by atoms with Crippen molar-refractivity contribution < 1.29 is 0 Å². The smallest absolute Gasteiger partial charge is 0.355 e. The van der Waals surface area contributed by atoms with E-state index in [-0.39, 0.29) is 0 Å². The SMILES string of the molecule is CNc1nc(=O)n(-c2ccccn2)c2cc(Cl)ccc12. The van der Waals surface area contributed by atoms with Crippen LogP contribution in [-0.4, -0.2) is 21.6 Å². The lowest BCUT2D eigenvalue weighted by molar-refractivity contribution is 0.924. The van der Waals surface area contributed by atoms with E-state index in [1.54, 1.807) is 37.5 Å². The molecule has 6 heteroatoms. The number of fused-ring (bicyclic) bond motifs is 1. The summed E-state index contributed by atoms with van der Waals surface area (Å²) in [6, 6.07) is 10.7. The topological polar surface area (TPSA) is 59.8 Å². The molecule has 0 fully saturated rings. The Bertz CT molecular complexity index is 830. The number of aromatic nitrogens is 3. The number of anilines is 1. The van der Waals surface area contributed by atoms with E-state index in [4.69, 9.17) is 11.6 Å². The van der Waals surface area contributed by atoms with Gasteiger partial charge in [0.05, 0.1) is 5.52 Å². The zero-order chi connectivity index (χ0) is 14.1. The Morgan fingerprint density at radius 1 is 1.25 bits per heavy atom. The molecule has 3 rings (SSSR count). The third-order valence-electron chi connectivity index (χ3n) is 2.97. The second-order valence-electron chi connectivity index (χ2n) is 4.18. The minimum absolute atomic E-state index is 0.400. The highest BCUT2D eigenvalue weighted by molar-refractivity contribution is 6.31. The van der Waals surface area contributed by atoms with Crippen molar-refractivity contribution in [1.82, 2.24) is 14.5 Å². The van der Waals surface area contributed by atoms with Gasteiger partial charge in [-0.25, -0.2) is 14.3 Å². The quantitative estimate of drug-likeness (QED) is 0.786. The van der Waals surface area contributed by atoms with Gasteiger partial charge in [0, 0.05) is 23.7 Å². The maximum atomic E-state index is 12.3. The number of nitrogens with one attached hydrogen (secondary N) is 1. The number of rotatable bonds is 2. The van der Waals surface area contributed by atoms with Gasteiger partial charge in [0.15, 0.2) is 0 Å². The van der Waals surface area contributed by atoms with Crippen LogP contribution in [0.1, 0.15) is 0 Å². The Kier molecular flexibility index (Phi) is 3.12. The van der Waals surface area contributed by atoms with Crippen molar-refractivity contribution in [2.24, 2.45) is 0 Å². The number of hydrogen-bond acceptors (Lipinski definition) is 4. The number of pyridine rings is 1. The number of hydrogen-bond donors (Lipinski definition) is 1. The molecule has 5 nitrogen and oxygen atoms in total. The van der Waals surface area contributed by atoms with E-state index in [1.807, 2.05) is 12.1 Å². The predicted molar refractivity (Wildman–Crippen MR) is 79.7 cm³/mol. The van der Waals surface area contributed by atoms with E-state index in [1.165, 1.54) is 4.57 Å². The molecule has 1 aromatic carbocycles. The van der Waals surface area contributed by atoms with Crippen molar-refractivity contribution in [3.8, 4) is 5.82 Å². The van der Waals surface area contributed by atoms with E-state index in [9.17, 15) is 4.79 Å². The summed E-state index contributed by atoms with van der Waals surface area (Å²) in [6.45, 7) is 0. The molecule has 20 heavy (non-hydrogen) atoms. The molecule has 2 heterocycles. The summed E-state index contributed by atoms with van der Waals surface area (Å²) < 4.78 is 1.45. The van der Waals surface area contributed by atoms with Crippen LogP contribution in [0.25, 0.3) is 16.7 Å². The zero-order valence-corrected chi connectivity index (χ0v) is 11.4. The Morgan fingerprint density at radius 3 is 2.80 bits per heavy atom. The average molecular weight is 287 g/mol. The van der Waals surface area contributed by atoms with E-state index < -0.39 is 5.69 Å². The molecule has 0 unspecified atom stereocenters. The molecule has 0 bridgehead atoms. The lowest BCUT2D eigenvalue weighted by Gasteiger charge is -2.11. The normalized spacial score (nSPS) is 10.7. The van der Waals surface area contributed by atoms with Gasteiger partial charge in [-0.1, -0.05) is 17.7 Å². The largest absolute Gasteiger partial charge is 0.372 e. The van der Waals surface area contributed by atoms with Crippen LogP contribution in [-0.2, 0) is 0 Å². The van der Waals surface area contributed by atoms with Gasteiger partial charge >= 0.3 is 5.69 Å². The van der Waals surface area contributed by atoms with Crippen LogP contribution >= 0.6 is 11.6 Å². The average Bonchev–Trinajstić information content (AvgIpc) is 2.47. The fourth-order valence-electron chi connectivity index (χ4n) is 2.10. The highest BCUT2D eigenvalue weighted by Gasteiger charge is 2.12. The molecule has 0 radical (unpaired) electrons. The Morgan fingerprint density at radius 2 is 2.10 bits per heavy atom. The number of benzene rings is 1. The predicted octanol–water partition coefficient (Wildman–Crippen LogP) is 2.48. The molecule has 0 aliphatic heterocycles. The molecule has 1 N–H and O–H groups in total. The van der Waals surface area contributed by atoms with E-state index >= 15 is 0 Å². The van der Waals surface area contributed by atoms with Gasteiger partial charge in [-0.2, -0.15) is 4.98 Å². The van der Waals surface area contributed by atoms with Gasteiger partial charge < -0.3 is 5.32 Å². The molecule has 0 atom stereocenters. The fourth-order valence-corrected chi connectivity index (χ4v) is 2.26. The molecular weight excluding hydrogens is 276 g/mol. The highest BCUT2D eigenvalue weighted by Crippen LogP contribution is 2.24. The summed E-state index contributed by atoms with van der Waals surface area (Å²) in [5, 5.41) is 4.28. The second-order valence-corrected chi connectivity index (χ2v) is 4.61. The van der Waals surface area contributed by atoms with Crippen LogP contribution in [0, 0.1) is 0 Å². The monoisotopic (exact) mass is 286 g/mol. The van der Waals surface area contributed by atoms with Crippen molar-refractivity contribution in [1.29, 1.82) is 0 Å². The maximum absolute atomic E-state index is 12.3. The van der Waals surface area contributed by atoms with Gasteiger partial charge in [-0.3, -0.25) is 0 Å². The van der Waals surface area contributed by atoms with Crippen LogP contribution < -0.4 is 11.0 Å². The highest BCUT2D eigenvalue weighted by atomic mass is 35.5. The van der Waals surface area contributed by atoms with Gasteiger partial charge in [0.25, 0.3) is 0 Å². The van der Waals surface area contributed by atoms with Crippen LogP contribution in [0.15, 0.2) is 47.4 Å². The first-order valence-corrected chi connectivity index (χ1v) is 6.40. The standard InChI is InChI=1S/C14H11ClN4O/c1-16-13-10-6-5-9(15)8-11(10)19(14(20)18-13)12-4-2-3-7-17-12/h2-8H,1H3,(H,16,18,20). The van der Waals surface area contributed by atoms with Crippen LogP contribution in [0.3, 0.4) is 0 Å². The summed E-state index contributed by atoms with van der Waals surface area (Å²) in [7, 11) is 1.72. The van der Waals surface area contributed by atoms with Crippen molar-refractivity contribution >= 4 is 28.3 Å². The fraction of sp³-hybridized carbons (Fsp3) is 0.0714. The first-order valence-electron chi connectivity index (χ1n) is 6.02. The summed E-state index contributed by atoms with van der Waals surface area (Å²) in [5.74, 6) is 1.04. The summed E-state index contributed by atoms with van der Waals surface area (Å²) >= 11 is 6.05. The van der Waals surface area contributed by atoms with Gasteiger partial charge in [-0.15, -0.1) is 0 Å². The Balaban J connectivity index is 2.46. The Labute approximate surface area is 119 Å². The number of nitrogens with zero attached hydrogens (tertiary/aromatic N) is 3. The molecule has 0 amide bonds. The molecule has 0 saturated heterocycles. The summed E-state index contributed by atoms with van der Waals surface area (Å²) in [5.41, 5.74) is 0.267. The Hall–Kier alpha value is -2.40. The lowest BCUT2D eigenvalue weighted by Crippen LogP contribution is -2.23. The zero-order valence-electron chi connectivity index (χ0n) is 10.7. The molecule has 0 aliphatic rings.